The van der Waals surface area contributed by atoms with Gasteiger partial charge in [-0.15, -0.1) is 0 Å². The number of piperidine rings is 1. The Bertz CT molecular complexity index is 1010. The molecule has 0 saturated carbocycles. The highest BCUT2D eigenvalue weighted by molar-refractivity contribution is 6.33. The van der Waals surface area contributed by atoms with E-state index in [2.05, 4.69) is 16.4 Å². The van der Waals surface area contributed by atoms with Gasteiger partial charge in [0.2, 0.25) is 5.91 Å². The standard InChI is InChI=1S/C24H24ClN3O/c25-22-7-6-18(14-21(22)23-3-1-2-10-28-23)20-15-19(24(26)29)5-4-17(20)13-16-8-11-27-12-9-16/h1-7,10,14-16,27H,8-9,11-13H2,(H2,26,29). The largest absolute Gasteiger partial charge is 0.366 e. The maximum atomic E-state index is 11.8. The van der Waals surface area contributed by atoms with Crippen molar-refractivity contribution in [2.24, 2.45) is 11.7 Å². The molecule has 2 heterocycles. The van der Waals surface area contributed by atoms with E-state index in [0.717, 1.165) is 54.7 Å². The minimum Gasteiger partial charge on any atom is -0.366 e. The number of pyridine rings is 1. The van der Waals surface area contributed by atoms with Crippen molar-refractivity contribution >= 4 is 17.5 Å². The van der Waals surface area contributed by atoms with Crippen LogP contribution in [-0.2, 0) is 6.42 Å². The van der Waals surface area contributed by atoms with E-state index in [9.17, 15) is 4.79 Å². The second-order valence-corrected chi connectivity index (χ2v) is 7.95. The molecule has 1 fully saturated rings. The first kappa shape index (κ1) is 19.6. The number of carbonyl (C=O) groups is 1. The van der Waals surface area contributed by atoms with E-state index < -0.39 is 5.91 Å². The van der Waals surface area contributed by atoms with Gasteiger partial charge in [0.15, 0.2) is 0 Å². The van der Waals surface area contributed by atoms with Crippen LogP contribution in [-0.4, -0.2) is 24.0 Å². The van der Waals surface area contributed by atoms with Gasteiger partial charge in [-0.25, -0.2) is 0 Å². The lowest BCUT2D eigenvalue weighted by atomic mass is 9.86. The fraction of sp³-hybridized carbons (Fsp3) is 0.250. The van der Waals surface area contributed by atoms with E-state index in [4.69, 9.17) is 17.3 Å². The van der Waals surface area contributed by atoms with Crippen molar-refractivity contribution in [2.45, 2.75) is 19.3 Å². The Labute approximate surface area is 176 Å². The minimum atomic E-state index is -0.418. The van der Waals surface area contributed by atoms with Gasteiger partial charge in [-0.2, -0.15) is 0 Å². The van der Waals surface area contributed by atoms with Crippen LogP contribution in [0.15, 0.2) is 60.8 Å². The van der Waals surface area contributed by atoms with E-state index in [1.54, 1.807) is 6.20 Å². The van der Waals surface area contributed by atoms with Gasteiger partial charge in [0, 0.05) is 22.3 Å². The summed E-state index contributed by atoms with van der Waals surface area (Å²) in [6, 6.07) is 17.5. The number of primary amides is 1. The number of nitrogens with one attached hydrogen (secondary N) is 1. The van der Waals surface area contributed by atoms with Gasteiger partial charge in [0.05, 0.1) is 5.69 Å². The van der Waals surface area contributed by atoms with Crippen LogP contribution in [0, 0.1) is 5.92 Å². The van der Waals surface area contributed by atoms with Crippen molar-refractivity contribution < 1.29 is 4.79 Å². The van der Waals surface area contributed by atoms with Crippen molar-refractivity contribution in [3.8, 4) is 22.4 Å². The molecule has 1 amide bonds. The third-order valence-corrected chi connectivity index (χ3v) is 5.91. The normalized spacial score (nSPS) is 14.7. The molecule has 1 aliphatic rings. The van der Waals surface area contributed by atoms with E-state index in [1.807, 2.05) is 48.5 Å². The molecule has 2 aromatic carbocycles. The first-order valence-corrected chi connectivity index (χ1v) is 10.3. The number of rotatable bonds is 5. The monoisotopic (exact) mass is 405 g/mol. The van der Waals surface area contributed by atoms with Crippen molar-refractivity contribution in [1.29, 1.82) is 0 Å². The summed E-state index contributed by atoms with van der Waals surface area (Å²) in [7, 11) is 0. The summed E-state index contributed by atoms with van der Waals surface area (Å²) >= 11 is 6.47. The molecule has 4 nitrogen and oxygen atoms in total. The van der Waals surface area contributed by atoms with Crippen molar-refractivity contribution in [2.75, 3.05) is 13.1 Å². The number of hydrogen-bond donors (Lipinski definition) is 2. The van der Waals surface area contributed by atoms with Crippen LogP contribution in [0.4, 0.5) is 0 Å². The number of carbonyl (C=O) groups excluding carboxylic acids is 1. The zero-order valence-electron chi connectivity index (χ0n) is 16.2. The Kier molecular flexibility index (Phi) is 5.93. The van der Waals surface area contributed by atoms with Crippen LogP contribution in [0.25, 0.3) is 22.4 Å². The second-order valence-electron chi connectivity index (χ2n) is 7.54. The van der Waals surface area contributed by atoms with Crippen LogP contribution in [0.1, 0.15) is 28.8 Å². The molecule has 1 aromatic heterocycles. The lowest BCUT2D eigenvalue weighted by molar-refractivity contribution is 0.100. The van der Waals surface area contributed by atoms with Crippen molar-refractivity contribution in [3.63, 3.8) is 0 Å². The van der Waals surface area contributed by atoms with Gasteiger partial charge in [-0.05, 0) is 91.4 Å². The van der Waals surface area contributed by atoms with Crippen LogP contribution in [0.2, 0.25) is 5.02 Å². The van der Waals surface area contributed by atoms with Gasteiger partial charge < -0.3 is 11.1 Å². The van der Waals surface area contributed by atoms with E-state index >= 15 is 0 Å². The molecule has 148 valence electrons. The fourth-order valence-electron chi connectivity index (χ4n) is 3.98. The van der Waals surface area contributed by atoms with Crippen LogP contribution in [0.5, 0.6) is 0 Å². The van der Waals surface area contributed by atoms with Crippen LogP contribution in [0.3, 0.4) is 0 Å². The van der Waals surface area contributed by atoms with Gasteiger partial charge in [0.1, 0.15) is 0 Å². The topological polar surface area (TPSA) is 68.0 Å². The number of nitrogens with two attached hydrogens (primary N) is 1. The highest BCUT2D eigenvalue weighted by Crippen LogP contribution is 2.34. The average Bonchev–Trinajstić information content (AvgIpc) is 2.76. The molecule has 29 heavy (non-hydrogen) atoms. The zero-order chi connectivity index (χ0) is 20.2. The Morgan fingerprint density at radius 2 is 1.90 bits per heavy atom. The van der Waals surface area contributed by atoms with Gasteiger partial charge >= 0.3 is 0 Å². The van der Waals surface area contributed by atoms with E-state index in [0.29, 0.717) is 16.5 Å². The molecule has 0 atom stereocenters. The molecule has 0 radical (unpaired) electrons. The molecule has 0 spiro atoms. The predicted molar refractivity (Wildman–Crippen MR) is 118 cm³/mol. The fourth-order valence-corrected chi connectivity index (χ4v) is 4.20. The Hall–Kier alpha value is -2.69. The molecule has 4 rings (SSSR count). The summed E-state index contributed by atoms with van der Waals surface area (Å²) in [5.74, 6) is 0.218. The number of benzene rings is 2. The van der Waals surface area contributed by atoms with Crippen molar-refractivity contribution in [3.05, 3.63) is 76.9 Å². The molecular formula is C24H24ClN3O. The summed E-state index contributed by atoms with van der Waals surface area (Å²) in [5, 5.41) is 4.07. The Morgan fingerprint density at radius 1 is 1.07 bits per heavy atom. The summed E-state index contributed by atoms with van der Waals surface area (Å²) < 4.78 is 0. The Balaban J connectivity index is 1.78. The number of nitrogens with zero attached hydrogens (tertiary/aromatic N) is 1. The second kappa shape index (κ2) is 8.76. The molecule has 0 unspecified atom stereocenters. The lowest BCUT2D eigenvalue weighted by Gasteiger charge is -2.24. The van der Waals surface area contributed by atoms with Gasteiger partial charge in [0.25, 0.3) is 0 Å². The SMILES string of the molecule is NC(=O)c1ccc(CC2CCNCC2)c(-c2ccc(Cl)c(-c3ccccn3)c2)c1. The summed E-state index contributed by atoms with van der Waals surface area (Å²) in [4.78, 5) is 16.3. The molecular weight excluding hydrogens is 382 g/mol. The van der Waals surface area contributed by atoms with Crippen LogP contribution < -0.4 is 11.1 Å². The van der Waals surface area contributed by atoms with Crippen molar-refractivity contribution in [1.82, 2.24) is 10.3 Å². The number of amides is 1. The smallest absolute Gasteiger partial charge is 0.248 e. The number of aromatic nitrogens is 1. The molecule has 5 heteroatoms. The molecule has 0 bridgehead atoms. The predicted octanol–water partition coefficient (Wildman–Crippen LogP) is 4.71. The first-order chi connectivity index (χ1) is 14.1. The summed E-state index contributed by atoms with van der Waals surface area (Å²) in [6.45, 7) is 2.12. The number of halogens is 1. The molecule has 1 aliphatic heterocycles. The highest BCUT2D eigenvalue weighted by atomic mass is 35.5. The molecule has 0 aliphatic carbocycles. The highest BCUT2D eigenvalue weighted by Gasteiger charge is 2.18. The minimum absolute atomic E-state index is 0.418. The third kappa shape index (κ3) is 4.50. The lowest BCUT2D eigenvalue weighted by Crippen LogP contribution is -2.28. The van der Waals surface area contributed by atoms with Gasteiger partial charge in [-0.1, -0.05) is 29.8 Å². The number of hydrogen-bond acceptors (Lipinski definition) is 3. The maximum absolute atomic E-state index is 11.8. The van der Waals surface area contributed by atoms with Crippen LogP contribution >= 0.6 is 11.6 Å². The Morgan fingerprint density at radius 3 is 2.62 bits per heavy atom. The summed E-state index contributed by atoms with van der Waals surface area (Å²) in [5.41, 5.74) is 11.1. The molecule has 3 N–H and O–H groups in total. The zero-order valence-corrected chi connectivity index (χ0v) is 17.0. The molecule has 1 saturated heterocycles. The summed E-state index contributed by atoms with van der Waals surface area (Å²) in [6.07, 6.45) is 5.07. The quantitative estimate of drug-likeness (QED) is 0.645. The maximum Gasteiger partial charge on any atom is 0.248 e. The van der Waals surface area contributed by atoms with E-state index in [1.165, 1.54) is 5.56 Å². The molecule has 3 aromatic rings. The average molecular weight is 406 g/mol. The van der Waals surface area contributed by atoms with Gasteiger partial charge in [-0.3, -0.25) is 9.78 Å². The van der Waals surface area contributed by atoms with E-state index in [-0.39, 0.29) is 0 Å². The third-order valence-electron chi connectivity index (χ3n) is 5.58. The first-order valence-electron chi connectivity index (χ1n) is 9.96.